The van der Waals surface area contributed by atoms with Crippen molar-refractivity contribution in [3.05, 3.63) is 71.8 Å². The minimum atomic E-state index is -0.151. The SMILES string of the molecule is CC(OCCc1ccccc1)OCCc1ccccc1. The van der Waals surface area contributed by atoms with Gasteiger partial charge in [-0.2, -0.15) is 0 Å². The van der Waals surface area contributed by atoms with E-state index >= 15 is 0 Å². The molecule has 0 spiro atoms. The lowest BCUT2D eigenvalue weighted by atomic mass is 10.2. The molecule has 0 aliphatic heterocycles. The van der Waals surface area contributed by atoms with Gasteiger partial charge in [0.2, 0.25) is 0 Å². The minimum Gasteiger partial charge on any atom is -0.353 e. The number of hydrogen-bond acceptors (Lipinski definition) is 2. The number of ether oxygens (including phenoxy) is 2. The molecule has 106 valence electrons. The van der Waals surface area contributed by atoms with E-state index in [4.69, 9.17) is 9.47 Å². The molecule has 0 atom stereocenters. The Bertz CT molecular complexity index is 422. The van der Waals surface area contributed by atoms with Crippen molar-refractivity contribution in [3.63, 3.8) is 0 Å². The van der Waals surface area contributed by atoms with Crippen molar-refractivity contribution in [3.8, 4) is 0 Å². The van der Waals surface area contributed by atoms with Crippen LogP contribution in [0.25, 0.3) is 0 Å². The van der Waals surface area contributed by atoms with Gasteiger partial charge in [-0.05, 0) is 30.9 Å². The molecule has 0 amide bonds. The summed E-state index contributed by atoms with van der Waals surface area (Å²) in [5.41, 5.74) is 2.59. The second-order valence-corrected chi connectivity index (χ2v) is 4.78. The zero-order chi connectivity index (χ0) is 14.0. The minimum absolute atomic E-state index is 0.151. The van der Waals surface area contributed by atoms with Gasteiger partial charge in [0.25, 0.3) is 0 Å². The molecule has 0 heterocycles. The number of rotatable bonds is 8. The van der Waals surface area contributed by atoms with E-state index in [1.54, 1.807) is 0 Å². The van der Waals surface area contributed by atoms with Crippen molar-refractivity contribution >= 4 is 0 Å². The highest BCUT2D eigenvalue weighted by molar-refractivity contribution is 5.15. The lowest BCUT2D eigenvalue weighted by Crippen LogP contribution is -2.16. The van der Waals surface area contributed by atoms with Gasteiger partial charge in [-0.3, -0.25) is 0 Å². The van der Waals surface area contributed by atoms with Gasteiger partial charge in [-0.1, -0.05) is 60.7 Å². The van der Waals surface area contributed by atoms with Gasteiger partial charge in [0.05, 0.1) is 13.2 Å². The van der Waals surface area contributed by atoms with Crippen molar-refractivity contribution in [1.82, 2.24) is 0 Å². The Morgan fingerprint density at radius 2 is 1.10 bits per heavy atom. The quantitative estimate of drug-likeness (QED) is 0.678. The van der Waals surface area contributed by atoms with Gasteiger partial charge < -0.3 is 9.47 Å². The Morgan fingerprint density at radius 3 is 1.50 bits per heavy atom. The second kappa shape index (κ2) is 8.51. The Kier molecular flexibility index (Phi) is 6.28. The Morgan fingerprint density at radius 1 is 0.700 bits per heavy atom. The summed E-state index contributed by atoms with van der Waals surface area (Å²) in [7, 11) is 0. The van der Waals surface area contributed by atoms with Crippen molar-refractivity contribution < 1.29 is 9.47 Å². The predicted octanol–water partition coefficient (Wildman–Crippen LogP) is 3.85. The van der Waals surface area contributed by atoms with Crippen molar-refractivity contribution in [2.24, 2.45) is 0 Å². The van der Waals surface area contributed by atoms with E-state index in [9.17, 15) is 0 Å². The van der Waals surface area contributed by atoms with E-state index < -0.39 is 0 Å². The maximum absolute atomic E-state index is 5.66. The molecule has 20 heavy (non-hydrogen) atoms. The average molecular weight is 270 g/mol. The van der Waals surface area contributed by atoms with E-state index in [1.807, 2.05) is 19.1 Å². The molecule has 0 bridgehead atoms. The monoisotopic (exact) mass is 270 g/mol. The Balaban J connectivity index is 1.58. The second-order valence-electron chi connectivity index (χ2n) is 4.78. The van der Waals surface area contributed by atoms with Gasteiger partial charge in [-0.25, -0.2) is 0 Å². The van der Waals surface area contributed by atoms with Crippen molar-refractivity contribution in [1.29, 1.82) is 0 Å². The zero-order valence-electron chi connectivity index (χ0n) is 12.0. The first-order valence-corrected chi connectivity index (χ1v) is 7.15. The molecule has 0 radical (unpaired) electrons. The van der Waals surface area contributed by atoms with E-state index in [0.717, 1.165) is 12.8 Å². The van der Waals surface area contributed by atoms with E-state index in [1.165, 1.54) is 11.1 Å². The van der Waals surface area contributed by atoms with Gasteiger partial charge in [-0.15, -0.1) is 0 Å². The lowest BCUT2D eigenvalue weighted by Gasteiger charge is -2.14. The first kappa shape index (κ1) is 14.8. The largest absolute Gasteiger partial charge is 0.353 e. The third kappa shape index (κ3) is 5.55. The van der Waals surface area contributed by atoms with E-state index in [0.29, 0.717) is 13.2 Å². The molecule has 2 aromatic rings. The summed E-state index contributed by atoms with van der Waals surface area (Å²) in [6.45, 7) is 3.34. The first-order chi connectivity index (χ1) is 9.84. The Hall–Kier alpha value is -1.64. The van der Waals surface area contributed by atoms with Crippen LogP contribution in [0.15, 0.2) is 60.7 Å². The molecule has 0 N–H and O–H groups in total. The van der Waals surface area contributed by atoms with Crippen molar-refractivity contribution in [2.45, 2.75) is 26.1 Å². The third-order valence-electron chi connectivity index (χ3n) is 3.17. The molecular formula is C18H22O2. The highest BCUT2D eigenvalue weighted by atomic mass is 16.7. The maximum Gasteiger partial charge on any atom is 0.154 e. The lowest BCUT2D eigenvalue weighted by molar-refractivity contribution is -0.128. The summed E-state index contributed by atoms with van der Waals surface area (Å²) in [5, 5.41) is 0. The highest BCUT2D eigenvalue weighted by Gasteiger charge is 2.02. The van der Waals surface area contributed by atoms with Crippen LogP contribution in [-0.2, 0) is 22.3 Å². The third-order valence-corrected chi connectivity index (χ3v) is 3.17. The summed E-state index contributed by atoms with van der Waals surface area (Å²) < 4.78 is 11.3. The maximum atomic E-state index is 5.66. The average Bonchev–Trinajstić information content (AvgIpc) is 2.49. The van der Waals surface area contributed by atoms with Crippen LogP contribution in [0, 0.1) is 0 Å². The fraction of sp³-hybridized carbons (Fsp3) is 0.333. The molecule has 0 unspecified atom stereocenters. The summed E-state index contributed by atoms with van der Waals surface area (Å²) in [6, 6.07) is 20.7. The van der Waals surface area contributed by atoms with Crippen molar-refractivity contribution in [2.75, 3.05) is 13.2 Å². The smallest absolute Gasteiger partial charge is 0.154 e. The molecule has 0 aromatic heterocycles. The number of hydrogen-bond donors (Lipinski definition) is 0. The van der Waals surface area contributed by atoms with Crippen LogP contribution >= 0.6 is 0 Å². The zero-order valence-corrected chi connectivity index (χ0v) is 12.0. The summed E-state index contributed by atoms with van der Waals surface area (Å²) in [4.78, 5) is 0. The summed E-state index contributed by atoms with van der Waals surface area (Å²) in [5.74, 6) is 0. The molecule has 0 aliphatic rings. The van der Waals surface area contributed by atoms with Crippen LogP contribution in [0.1, 0.15) is 18.1 Å². The van der Waals surface area contributed by atoms with Crippen LogP contribution in [0.4, 0.5) is 0 Å². The van der Waals surface area contributed by atoms with Gasteiger partial charge in [0.1, 0.15) is 0 Å². The molecule has 2 nitrogen and oxygen atoms in total. The molecule has 2 heteroatoms. The number of benzene rings is 2. The Labute approximate surface area is 121 Å². The highest BCUT2D eigenvalue weighted by Crippen LogP contribution is 2.04. The van der Waals surface area contributed by atoms with Crippen LogP contribution in [-0.4, -0.2) is 19.5 Å². The van der Waals surface area contributed by atoms with Gasteiger partial charge in [0.15, 0.2) is 6.29 Å². The van der Waals surface area contributed by atoms with Crippen LogP contribution in [0.2, 0.25) is 0 Å². The van der Waals surface area contributed by atoms with E-state index in [-0.39, 0.29) is 6.29 Å². The standard InChI is InChI=1S/C18H22O2/c1-16(19-14-12-17-8-4-2-5-9-17)20-15-13-18-10-6-3-7-11-18/h2-11,16H,12-15H2,1H3. The summed E-state index contributed by atoms with van der Waals surface area (Å²) >= 11 is 0. The van der Waals surface area contributed by atoms with Gasteiger partial charge in [0, 0.05) is 0 Å². The topological polar surface area (TPSA) is 18.5 Å². The van der Waals surface area contributed by atoms with E-state index in [2.05, 4.69) is 48.5 Å². The summed E-state index contributed by atoms with van der Waals surface area (Å²) in [6.07, 6.45) is 1.70. The van der Waals surface area contributed by atoms with Crippen LogP contribution in [0.3, 0.4) is 0 Å². The fourth-order valence-corrected chi connectivity index (χ4v) is 2.02. The molecular weight excluding hydrogens is 248 g/mol. The van der Waals surface area contributed by atoms with Crippen LogP contribution < -0.4 is 0 Å². The molecule has 0 saturated heterocycles. The predicted molar refractivity (Wildman–Crippen MR) is 81.7 cm³/mol. The molecule has 2 rings (SSSR count). The first-order valence-electron chi connectivity index (χ1n) is 7.15. The fourth-order valence-electron chi connectivity index (χ4n) is 2.02. The molecule has 0 fully saturated rings. The normalized spacial score (nSPS) is 10.9. The van der Waals surface area contributed by atoms with Gasteiger partial charge >= 0.3 is 0 Å². The molecule has 0 aliphatic carbocycles. The van der Waals surface area contributed by atoms with Crippen LogP contribution in [0.5, 0.6) is 0 Å². The molecule has 2 aromatic carbocycles. The molecule has 0 saturated carbocycles.